The van der Waals surface area contributed by atoms with E-state index >= 15 is 0 Å². The van der Waals surface area contributed by atoms with E-state index in [0.717, 1.165) is 32.4 Å². The Kier molecular flexibility index (Phi) is 3.87. The van der Waals surface area contributed by atoms with Crippen LogP contribution < -0.4 is 10.9 Å². The molecule has 20 heavy (non-hydrogen) atoms. The number of nitrogens with zero attached hydrogens (tertiary/aromatic N) is 1. The number of hydrogen-bond donors (Lipinski definition) is 1. The maximum atomic E-state index is 12.6. The Morgan fingerprint density at radius 3 is 2.85 bits per heavy atom. The Morgan fingerprint density at radius 1 is 1.25 bits per heavy atom. The van der Waals surface area contributed by atoms with Gasteiger partial charge in [0, 0.05) is 24.7 Å². The summed E-state index contributed by atoms with van der Waals surface area (Å²) in [5, 5.41) is 3.50. The summed E-state index contributed by atoms with van der Waals surface area (Å²) in [7, 11) is 0. The van der Waals surface area contributed by atoms with Crippen LogP contribution in [0.4, 0.5) is 0 Å². The Morgan fingerprint density at radius 2 is 2.15 bits per heavy atom. The first-order chi connectivity index (χ1) is 9.75. The fourth-order valence-electron chi connectivity index (χ4n) is 3.31. The molecule has 0 aromatic carbocycles. The summed E-state index contributed by atoms with van der Waals surface area (Å²) in [5.41, 5.74) is 0.0451. The second-order valence-electron chi connectivity index (χ2n) is 5.61. The van der Waals surface area contributed by atoms with E-state index in [1.165, 1.54) is 25.2 Å². The van der Waals surface area contributed by atoms with Crippen molar-refractivity contribution in [3.8, 4) is 0 Å². The molecule has 5 heteroatoms. The van der Waals surface area contributed by atoms with Crippen molar-refractivity contribution in [2.75, 3.05) is 13.1 Å². The van der Waals surface area contributed by atoms with E-state index in [2.05, 4.69) is 5.32 Å². The second kappa shape index (κ2) is 5.79. The van der Waals surface area contributed by atoms with Gasteiger partial charge in [-0.05, 0) is 44.7 Å². The van der Waals surface area contributed by atoms with Crippen LogP contribution in [-0.2, 0) is 0 Å². The number of amides is 1. The first kappa shape index (κ1) is 13.4. The summed E-state index contributed by atoms with van der Waals surface area (Å²) in [6.45, 7) is 1.84. The van der Waals surface area contributed by atoms with Gasteiger partial charge in [0.2, 0.25) is 0 Å². The third-order valence-electron chi connectivity index (χ3n) is 4.32. The van der Waals surface area contributed by atoms with E-state index in [4.69, 9.17) is 4.42 Å². The van der Waals surface area contributed by atoms with Gasteiger partial charge in [-0.15, -0.1) is 0 Å². The largest absolute Gasteiger partial charge is 0.430 e. The molecule has 108 valence electrons. The van der Waals surface area contributed by atoms with E-state index in [9.17, 15) is 9.59 Å². The van der Waals surface area contributed by atoms with Gasteiger partial charge in [-0.1, -0.05) is 0 Å². The molecule has 2 aliphatic rings. The molecular weight excluding hydrogens is 256 g/mol. The minimum absolute atomic E-state index is 0.0212. The quantitative estimate of drug-likeness (QED) is 0.886. The topological polar surface area (TPSA) is 62.6 Å². The molecule has 3 heterocycles. The zero-order chi connectivity index (χ0) is 13.9. The molecule has 2 atom stereocenters. The van der Waals surface area contributed by atoms with Crippen LogP contribution in [0.3, 0.4) is 0 Å². The molecule has 0 saturated carbocycles. The minimum atomic E-state index is -0.422. The van der Waals surface area contributed by atoms with Crippen molar-refractivity contribution in [3.63, 3.8) is 0 Å². The summed E-state index contributed by atoms with van der Waals surface area (Å²) in [4.78, 5) is 25.6. The monoisotopic (exact) mass is 276 g/mol. The van der Waals surface area contributed by atoms with Crippen molar-refractivity contribution in [2.24, 2.45) is 0 Å². The lowest BCUT2D eigenvalue weighted by molar-refractivity contribution is 0.0561. The maximum absolute atomic E-state index is 12.6. The highest BCUT2D eigenvalue weighted by Gasteiger charge is 2.34. The van der Waals surface area contributed by atoms with Gasteiger partial charge < -0.3 is 14.6 Å². The molecule has 5 nitrogen and oxygen atoms in total. The number of nitrogens with one attached hydrogen (secondary N) is 1. The van der Waals surface area contributed by atoms with Crippen molar-refractivity contribution in [1.82, 2.24) is 10.2 Å². The van der Waals surface area contributed by atoms with Crippen LogP contribution in [0.2, 0.25) is 0 Å². The lowest BCUT2D eigenvalue weighted by atomic mass is 9.94. The van der Waals surface area contributed by atoms with Crippen molar-refractivity contribution in [3.05, 3.63) is 34.4 Å². The highest BCUT2D eigenvalue weighted by molar-refractivity contribution is 5.94. The molecule has 0 spiro atoms. The molecule has 0 bridgehead atoms. The van der Waals surface area contributed by atoms with Gasteiger partial charge in [-0.2, -0.15) is 0 Å². The molecule has 0 radical (unpaired) electrons. The van der Waals surface area contributed by atoms with Crippen LogP contribution in [0.25, 0.3) is 0 Å². The average Bonchev–Trinajstić information content (AvgIpc) is 3.01. The minimum Gasteiger partial charge on any atom is -0.430 e. The maximum Gasteiger partial charge on any atom is 0.335 e. The van der Waals surface area contributed by atoms with E-state index in [1.54, 1.807) is 6.07 Å². The summed E-state index contributed by atoms with van der Waals surface area (Å²) in [5.74, 6) is -0.0212. The zero-order valence-electron chi connectivity index (χ0n) is 11.5. The molecule has 3 rings (SSSR count). The molecule has 1 aromatic rings. The fraction of sp³-hybridized carbons (Fsp3) is 0.600. The third-order valence-corrected chi connectivity index (χ3v) is 4.32. The number of carbonyl (C=O) groups is 1. The third kappa shape index (κ3) is 2.63. The smallest absolute Gasteiger partial charge is 0.335 e. The van der Waals surface area contributed by atoms with Gasteiger partial charge in [0.25, 0.3) is 5.91 Å². The highest BCUT2D eigenvalue weighted by Crippen LogP contribution is 2.25. The fourth-order valence-corrected chi connectivity index (χ4v) is 3.31. The first-order valence-corrected chi connectivity index (χ1v) is 7.39. The molecular formula is C15H20N2O3. The molecule has 0 aliphatic carbocycles. The van der Waals surface area contributed by atoms with E-state index in [1.807, 2.05) is 4.90 Å². The van der Waals surface area contributed by atoms with Gasteiger partial charge in [-0.25, -0.2) is 4.79 Å². The van der Waals surface area contributed by atoms with Gasteiger partial charge >= 0.3 is 5.63 Å². The SMILES string of the molecule is O=C(c1ccc(=O)oc1)N1CCCCC1C1CCCN1. The van der Waals surface area contributed by atoms with E-state index in [-0.39, 0.29) is 11.9 Å². The number of piperidine rings is 1. The average molecular weight is 276 g/mol. The Labute approximate surface area is 118 Å². The lowest BCUT2D eigenvalue weighted by Crippen LogP contribution is -2.52. The molecule has 1 aromatic heterocycles. The number of rotatable bonds is 2. The molecule has 2 fully saturated rings. The Bertz CT molecular complexity index is 514. The molecule has 2 unspecified atom stereocenters. The first-order valence-electron chi connectivity index (χ1n) is 7.39. The zero-order valence-corrected chi connectivity index (χ0v) is 11.5. The van der Waals surface area contributed by atoms with Crippen LogP contribution in [0.1, 0.15) is 42.5 Å². The number of hydrogen-bond acceptors (Lipinski definition) is 4. The van der Waals surface area contributed by atoms with E-state index in [0.29, 0.717) is 11.6 Å². The Balaban J connectivity index is 1.79. The van der Waals surface area contributed by atoms with E-state index < -0.39 is 5.63 Å². The number of carbonyl (C=O) groups excluding carboxylic acids is 1. The summed E-state index contributed by atoms with van der Waals surface area (Å²) in [6.07, 6.45) is 6.88. The predicted molar refractivity (Wildman–Crippen MR) is 74.7 cm³/mol. The molecule has 2 saturated heterocycles. The van der Waals surface area contributed by atoms with Crippen LogP contribution in [0.5, 0.6) is 0 Å². The molecule has 2 aliphatic heterocycles. The van der Waals surface area contributed by atoms with Gasteiger partial charge in [0.15, 0.2) is 0 Å². The second-order valence-corrected chi connectivity index (χ2v) is 5.61. The summed E-state index contributed by atoms with van der Waals surface area (Å²) >= 11 is 0. The van der Waals surface area contributed by atoms with Crippen LogP contribution in [0, 0.1) is 0 Å². The normalized spacial score (nSPS) is 26.7. The highest BCUT2D eigenvalue weighted by atomic mass is 16.4. The van der Waals surface area contributed by atoms with Gasteiger partial charge in [0.05, 0.1) is 5.56 Å². The van der Waals surface area contributed by atoms with Gasteiger partial charge in [-0.3, -0.25) is 4.79 Å². The van der Waals surface area contributed by atoms with Crippen LogP contribution in [0.15, 0.2) is 27.6 Å². The van der Waals surface area contributed by atoms with Crippen LogP contribution >= 0.6 is 0 Å². The van der Waals surface area contributed by atoms with Crippen LogP contribution in [-0.4, -0.2) is 36.0 Å². The molecule has 1 N–H and O–H groups in total. The van der Waals surface area contributed by atoms with Crippen molar-refractivity contribution in [1.29, 1.82) is 0 Å². The molecule has 1 amide bonds. The summed E-state index contributed by atoms with van der Waals surface area (Å²) < 4.78 is 4.81. The van der Waals surface area contributed by atoms with Gasteiger partial charge in [0.1, 0.15) is 6.26 Å². The van der Waals surface area contributed by atoms with Crippen molar-refractivity contribution in [2.45, 2.75) is 44.2 Å². The number of likely N-dealkylation sites (tertiary alicyclic amines) is 1. The van der Waals surface area contributed by atoms with Crippen molar-refractivity contribution < 1.29 is 9.21 Å². The summed E-state index contributed by atoms with van der Waals surface area (Å²) in [6, 6.07) is 3.54. The van der Waals surface area contributed by atoms with Crippen molar-refractivity contribution >= 4 is 5.91 Å². The standard InChI is InChI=1S/C15H20N2O3/c18-14-7-6-11(10-20-14)15(19)17-9-2-1-5-13(17)12-4-3-8-16-12/h6-7,10,12-13,16H,1-5,8-9H2. The lowest BCUT2D eigenvalue weighted by Gasteiger charge is -2.39. The Hall–Kier alpha value is -1.62. The predicted octanol–water partition coefficient (Wildman–Crippen LogP) is 1.39.